The first-order chi connectivity index (χ1) is 23.9. The molecule has 50 heavy (non-hydrogen) atoms. The van der Waals surface area contributed by atoms with Crippen molar-refractivity contribution in [2.45, 2.75) is 107 Å². The van der Waals surface area contributed by atoms with Crippen LogP contribution in [0.15, 0.2) is 47.5 Å². The van der Waals surface area contributed by atoms with Crippen LogP contribution < -0.4 is 33.6 Å². The molecule has 3 aliphatic rings. The molecule has 14 heteroatoms. The molecular formula is C36H51N9O5. The molecule has 0 radical (unpaired) electrons. The first-order valence-corrected chi connectivity index (χ1v) is 17.8. The molecule has 2 aliphatic heterocycles. The summed E-state index contributed by atoms with van der Waals surface area (Å²) in [7, 11) is 0. The van der Waals surface area contributed by atoms with Crippen molar-refractivity contribution in [1.29, 1.82) is 0 Å². The van der Waals surface area contributed by atoms with Gasteiger partial charge in [-0.15, -0.1) is 0 Å². The van der Waals surface area contributed by atoms with Gasteiger partial charge in [0.25, 0.3) is 0 Å². The third-order valence-corrected chi connectivity index (χ3v) is 10.4. The number of likely N-dealkylation sites (tertiary alicyclic amines) is 2. The predicted molar refractivity (Wildman–Crippen MR) is 190 cm³/mol. The van der Waals surface area contributed by atoms with Crippen LogP contribution in [0.5, 0.6) is 0 Å². The van der Waals surface area contributed by atoms with Crippen LogP contribution in [-0.2, 0) is 30.4 Å². The molecule has 270 valence electrons. The number of rotatable bonds is 13. The summed E-state index contributed by atoms with van der Waals surface area (Å²) in [6.07, 6.45) is 6.41. The monoisotopic (exact) mass is 689 g/mol. The zero-order chi connectivity index (χ0) is 35.9. The van der Waals surface area contributed by atoms with Crippen molar-refractivity contribution in [3.05, 3.63) is 48.0 Å². The van der Waals surface area contributed by atoms with E-state index in [0.717, 1.165) is 42.0 Å². The van der Waals surface area contributed by atoms with E-state index in [9.17, 15) is 24.0 Å². The number of nitrogens with one attached hydrogen (secondary N) is 2. The van der Waals surface area contributed by atoms with Gasteiger partial charge >= 0.3 is 0 Å². The summed E-state index contributed by atoms with van der Waals surface area (Å²) in [5.41, 5.74) is 23.7. The molecule has 2 heterocycles. The summed E-state index contributed by atoms with van der Waals surface area (Å²) in [5.74, 6) is -2.08. The fraction of sp³-hybridized carbons (Fsp3) is 0.556. The van der Waals surface area contributed by atoms with E-state index in [1.807, 2.05) is 42.5 Å². The topological polar surface area (TPSA) is 232 Å². The van der Waals surface area contributed by atoms with Gasteiger partial charge in [-0.25, -0.2) is 0 Å². The molecule has 0 spiro atoms. The lowest BCUT2D eigenvalue weighted by molar-refractivity contribution is -0.149. The summed E-state index contributed by atoms with van der Waals surface area (Å²) in [6.45, 7) is 2.25. The summed E-state index contributed by atoms with van der Waals surface area (Å²) in [4.78, 5) is 74.3. The minimum Gasteiger partial charge on any atom is -0.370 e. The van der Waals surface area contributed by atoms with Crippen LogP contribution >= 0.6 is 0 Å². The summed E-state index contributed by atoms with van der Waals surface area (Å²) < 4.78 is 0. The highest BCUT2D eigenvalue weighted by atomic mass is 16.2. The van der Waals surface area contributed by atoms with E-state index in [-0.39, 0.29) is 36.2 Å². The van der Waals surface area contributed by atoms with Crippen LogP contribution in [0.1, 0.15) is 70.3 Å². The molecule has 5 rings (SSSR count). The summed E-state index contributed by atoms with van der Waals surface area (Å²) in [6, 6.07) is 9.25. The highest BCUT2D eigenvalue weighted by molar-refractivity contribution is 5.96. The molecule has 2 aromatic carbocycles. The van der Waals surface area contributed by atoms with E-state index in [1.54, 1.807) is 9.80 Å². The fourth-order valence-electron chi connectivity index (χ4n) is 7.82. The first kappa shape index (κ1) is 36.6. The second kappa shape index (κ2) is 16.3. The standard InChI is InChI=1S/C36H51N9O5/c1-21(32(47)43-27(31(38)46)19-22-14-15-23-8-2-3-9-24(23)18-22)42-33(48)29-13-7-17-44(29)35(50)30-20-25-10-4-5-12-28(25)45(30)34(49)26(37)11-6-16-41-36(39)40/h2-3,8-9,14-15,18,21,25-30H,4-7,10-13,16-17,19-20,37H2,1H3,(H2,38,46)(H,42,48)(H,43,47)(H4,39,40,41)/t21-,25+,26-,27+,28+,29+,30+/m1/s1. The molecule has 1 aliphatic carbocycles. The van der Waals surface area contributed by atoms with E-state index >= 15 is 0 Å². The number of nitrogens with two attached hydrogens (primary N) is 4. The molecule has 10 N–H and O–H groups in total. The molecule has 3 fully saturated rings. The molecule has 2 aromatic rings. The van der Waals surface area contributed by atoms with Gasteiger partial charge in [-0.2, -0.15) is 0 Å². The SMILES string of the molecule is C[C@@H](NC(=O)[C@@H]1CCCN1C(=O)[C@@H]1C[C@@H]2CCCC[C@@H]2N1C(=O)[C@H](N)CCCN=C(N)N)C(=O)N[C@@H](Cc1ccc2ccccc2c1)C(N)=O. The van der Waals surface area contributed by atoms with Crippen molar-refractivity contribution in [2.75, 3.05) is 13.1 Å². The van der Waals surface area contributed by atoms with Gasteiger partial charge in [-0.1, -0.05) is 55.3 Å². The third-order valence-electron chi connectivity index (χ3n) is 10.4. The number of primary amides is 1. The predicted octanol–water partition coefficient (Wildman–Crippen LogP) is 0.389. The Morgan fingerprint density at radius 2 is 1.66 bits per heavy atom. The minimum absolute atomic E-state index is 0.0220. The lowest BCUT2D eigenvalue weighted by Gasteiger charge is -2.37. The van der Waals surface area contributed by atoms with Crippen molar-refractivity contribution >= 4 is 46.3 Å². The maximum absolute atomic E-state index is 14.2. The number of guanidine groups is 1. The normalized spacial score (nSPS) is 23.4. The van der Waals surface area contributed by atoms with Crippen molar-refractivity contribution in [3.8, 4) is 0 Å². The second-order valence-electron chi connectivity index (χ2n) is 13.9. The van der Waals surface area contributed by atoms with Crippen LogP contribution in [0, 0.1) is 5.92 Å². The Labute approximate surface area is 292 Å². The smallest absolute Gasteiger partial charge is 0.246 e. The van der Waals surface area contributed by atoms with Crippen LogP contribution in [0.3, 0.4) is 0 Å². The molecule has 0 unspecified atom stereocenters. The van der Waals surface area contributed by atoms with Crippen molar-refractivity contribution < 1.29 is 24.0 Å². The number of benzene rings is 2. The molecule has 5 amide bonds. The van der Waals surface area contributed by atoms with Crippen LogP contribution in [-0.4, -0.2) is 94.6 Å². The molecule has 14 nitrogen and oxygen atoms in total. The number of amides is 5. The summed E-state index contributed by atoms with van der Waals surface area (Å²) in [5, 5.41) is 7.48. The van der Waals surface area contributed by atoms with Gasteiger partial charge in [0, 0.05) is 25.6 Å². The van der Waals surface area contributed by atoms with E-state index < -0.39 is 47.9 Å². The van der Waals surface area contributed by atoms with Gasteiger partial charge in [0.1, 0.15) is 24.2 Å². The fourth-order valence-corrected chi connectivity index (χ4v) is 7.82. The minimum atomic E-state index is -0.997. The van der Waals surface area contributed by atoms with Crippen LogP contribution in [0.4, 0.5) is 0 Å². The average molecular weight is 690 g/mol. The van der Waals surface area contributed by atoms with Gasteiger partial charge < -0.3 is 43.4 Å². The number of nitrogens with zero attached hydrogens (tertiary/aromatic N) is 3. The average Bonchev–Trinajstić information content (AvgIpc) is 3.75. The third kappa shape index (κ3) is 8.52. The van der Waals surface area contributed by atoms with Crippen LogP contribution in [0.2, 0.25) is 0 Å². The summed E-state index contributed by atoms with van der Waals surface area (Å²) >= 11 is 0. The highest BCUT2D eigenvalue weighted by Gasteiger charge is 2.51. The largest absolute Gasteiger partial charge is 0.370 e. The first-order valence-electron chi connectivity index (χ1n) is 17.8. The number of hydrogen-bond acceptors (Lipinski definition) is 7. The Bertz CT molecular complexity index is 1610. The van der Waals surface area contributed by atoms with E-state index in [1.165, 1.54) is 6.92 Å². The van der Waals surface area contributed by atoms with Crippen molar-refractivity contribution in [3.63, 3.8) is 0 Å². The molecular weight excluding hydrogens is 638 g/mol. The Morgan fingerprint density at radius 3 is 2.40 bits per heavy atom. The van der Waals surface area contributed by atoms with E-state index in [2.05, 4.69) is 15.6 Å². The highest BCUT2D eigenvalue weighted by Crippen LogP contribution is 2.41. The quantitative estimate of drug-likeness (QED) is 0.0976. The number of carbonyl (C=O) groups is 5. The Hall–Kier alpha value is -4.72. The van der Waals surface area contributed by atoms with Gasteiger partial charge in [0.05, 0.1) is 6.04 Å². The zero-order valence-electron chi connectivity index (χ0n) is 28.8. The maximum Gasteiger partial charge on any atom is 0.246 e. The van der Waals surface area contributed by atoms with Crippen LogP contribution in [0.25, 0.3) is 10.8 Å². The number of fused-ring (bicyclic) bond motifs is 2. The Morgan fingerprint density at radius 1 is 0.920 bits per heavy atom. The molecule has 0 aromatic heterocycles. The number of carbonyl (C=O) groups excluding carboxylic acids is 5. The molecule has 1 saturated carbocycles. The maximum atomic E-state index is 14.2. The Kier molecular flexibility index (Phi) is 11.9. The van der Waals surface area contributed by atoms with Gasteiger partial charge in [0.15, 0.2) is 5.96 Å². The van der Waals surface area contributed by atoms with E-state index in [0.29, 0.717) is 45.2 Å². The van der Waals surface area contributed by atoms with Gasteiger partial charge in [0.2, 0.25) is 29.5 Å². The number of aliphatic imine (C=N–C) groups is 1. The molecule has 7 atom stereocenters. The molecule has 2 saturated heterocycles. The Balaban J connectivity index is 1.21. The van der Waals surface area contributed by atoms with Gasteiger partial charge in [-0.05, 0) is 74.1 Å². The van der Waals surface area contributed by atoms with Crippen molar-refractivity contribution in [2.24, 2.45) is 33.8 Å². The van der Waals surface area contributed by atoms with Gasteiger partial charge in [-0.3, -0.25) is 29.0 Å². The second-order valence-corrected chi connectivity index (χ2v) is 13.9. The van der Waals surface area contributed by atoms with Crippen molar-refractivity contribution in [1.82, 2.24) is 20.4 Å². The lowest BCUT2D eigenvalue weighted by Crippen LogP contribution is -2.58. The zero-order valence-corrected chi connectivity index (χ0v) is 28.8. The van der Waals surface area contributed by atoms with E-state index in [4.69, 9.17) is 22.9 Å². The lowest BCUT2D eigenvalue weighted by atomic mass is 9.84. The molecule has 0 bridgehead atoms. The number of hydrogen-bond donors (Lipinski definition) is 6.